The van der Waals surface area contributed by atoms with Crippen molar-refractivity contribution in [2.75, 3.05) is 13.6 Å². The number of rotatable bonds is 1. The Bertz CT molecular complexity index is 560. The first-order chi connectivity index (χ1) is 9.29. The lowest BCUT2D eigenvalue weighted by molar-refractivity contribution is 0.243. The number of para-hydroxylation sites is 1. The number of fused-ring (bicyclic) bond motifs is 1. The molecule has 1 N–H and O–H groups in total. The van der Waals surface area contributed by atoms with Crippen molar-refractivity contribution in [3.8, 4) is 0 Å². The Kier molecular flexibility index (Phi) is 3.66. The molecule has 1 saturated heterocycles. The molecule has 19 heavy (non-hydrogen) atoms. The van der Waals surface area contributed by atoms with Crippen molar-refractivity contribution >= 4 is 38.9 Å². The number of thiazole rings is 1. The topological polar surface area (TPSA) is 28.2 Å². The van der Waals surface area contributed by atoms with Crippen LogP contribution in [0.25, 0.3) is 10.2 Å². The number of hydrogen-bond donors (Lipinski definition) is 1. The molecule has 2 aromatic rings. The Balaban J connectivity index is 1.95. The maximum Gasteiger partial charge on any atom is 0.169 e. The second-order valence-electron chi connectivity index (χ2n) is 4.78. The van der Waals surface area contributed by atoms with E-state index in [4.69, 9.17) is 17.2 Å². The summed E-state index contributed by atoms with van der Waals surface area (Å²) in [6.45, 7) is 1.03. The molecule has 100 valence electrons. The lowest BCUT2D eigenvalue weighted by atomic mass is 10.0. The van der Waals surface area contributed by atoms with Gasteiger partial charge in [-0.2, -0.15) is 0 Å². The van der Waals surface area contributed by atoms with Gasteiger partial charge in [0.2, 0.25) is 0 Å². The summed E-state index contributed by atoms with van der Waals surface area (Å²) in [6, 6.07) is 8.68. The highest BCUT2D eigenvalue weighted by Gasteiger charge is 2.27. The van der Waals surface area contributed by atoms with Gasteiger partial charge in [0.25, 0.3) is 0 Å². The SMILES string of the molecule is CNC(=S)N1CCCC[C@@H]1c1nc2ccccc2s1. The summed E-state index contributed by atoms with van der Waals surface area (Å²) in [5.41, 5.74) is 1.10. The molecule has 0 bridgehead atoms. The van der Waals surface area contributed by atoms with E-state index in [0.29, 0.717) is 6.04 Å². The number of piperidine rings is 1. The first-order valence-corrected chi connectivity index (χ1v) is 7.86. The van der Waals surface area contributed by atoms with Crippen LogP contribution in [0.15, 0.2) is 24.3 Å². The first-order valence-electron chi connectivity index (χ1n) is 6.63. The Labute approximate surface area is 122 Å². The van der Waals surface area contributed by atoms with Gasteiger partial charge in [-0.25, -0.2) is 4.98 Å². The molecule has 0 unspecified atom stereocenters. The second-order valence-corrected chi connectivity index (χ2v) is 6.23. The third-order valence-corrected chi connectivity index (χ3v) is 5.15. The van der Waals surface area contributed by atoms with E-state index in [2.05, 4.69) is 28.4 Å². The number of nitrogens with one attached hydrogen (secondary N) is 1. The fraction of sp³-hybridized carbons (Fsp3) is 0.429. The molecule has 1 aliphatic heterocycles. The van der Waals surface area contributed by atoms with Crippen molar-refractivity contribution in [2.24, 2.45) is 0 Å². The summed E-state index contributed by atoms with van der Waals surface area (Å²) >= 11 is 7.22. The Hall–Kier alpha value is -1.20. The molecule has 3 nitrogen and oxygen atoms in total. The van der Waals surface area contributed by atoms with E-state index >= 15 is 0 Å². The monoisotopic (exact) mass is 291 g/mol. The van der Waals surface area contributed by atoms with Gasteiger partial charge in [-0.3, -0.25) is 0 Å². The molecular weight excluding hydrogens is 274 g/mol. The van der Waals surface area contributed by atoms with Crippen molar-refractivity contribution in [1.82, 2.24) is 15.2 Å². The number of thiocarbonyl (C=S) groups is 1. The molecule has 1 aromatic heterocycles. The molecule has 1 fully saturated rings. The lowest BCUT2D eigenvalue weighted by Gasteiger charge is -2.36. The molecule has 1 atom stereocenters. The normalized spacial score (nSPS) is 19.6. The van der Waals surface area contributed by atoms with Crippen LogP contribution in [0.2, 0.25) is 0 Å². The molecule has 0 saturated carbocycles. The standard InChI is InChI=1S/C14H17N3S2/c1-15-14(18)17-9-5-4-7-11(17)13-16-10-6-2-3-8-12(10)19-13/h2-3,6,8,11H,4-5,7,9H2,1H3,(H,15,18)/t11-/m1/s1. The van der Waals surface area contributed by atoms with Crippen LogP contribution in [-0.4, -0.2) is 28.6 Å². The van der Waals surface area contributed by atoms with E-state index in [1.165, 1.54) is 22.5 Å². The first kappa shape index (κ1) is 12.8. The van der Waals surface area contributed by atoms with Gasteiger partial charge in [0.05, 0.1) is 16.3 Å². The van der Waals surface area contributed by atoms with Crippen molar-refractivity contribution < 1.29 is 0 Å². The van der Waals surface area contributed by atoms with Crippen LogP contribution in [0.3, 0.4) is 0 Å². The number of likely N-dealkylation sites (tertiary alicyclic amines) is 1. The van der Waals surface area contributed by atoms with Crippen LogP contribution in [0.4, 0.5) is 0 Å². The number of benzene rings is 1. The Morgan fingerprint density at radius 3 is 3.05 bits per heavy atom. The van der Waals surface area contributed by atoms with Crippen LogP contribution in [0, 0.1) is 0 Å². The molecule has 1 aromatic carbocycles. The van der Waals surface area contributed by atoms with E-state index in [1.807, 2.05) is 13.1 Å². The lowest BCUT2D eigenvalue weighted by Crippen LogP contribution is -2.43. The molecule has 0 amide bonds. The fourth-order valence-corrected chi connectivity index (χ4v) is 3.94. The van der Waals surface area contributed by atoms with Gasteiger partial charge in [-0.15, -0.1) is 11.3 Å². The molecule has 0 spiro atoms. The smallest absolute Gasteiger partial charge is 0.169 e. The fourth-order valence-electron chi connectivity index (χ4n) is 2.61. The predicted octanol–water partition coefficient (Wildman–Crippen LogP) is 3.33. The molecule has 0 radical (unpaired) electrons. The van der Waals surface area contributed by atoms with Gasteiger partial charge in [-0.1, -0.05) is 12.1 Å². The Morgan fingerprint density at radius 1 is 1.42 bits per heavy atom. The summed E-state index contributed by atoms with van der Waals surface area (Å²) in [5.74, 6) is 0. The zero-order valence-corrected chi connectivity index (χ0v) is 12.6. The van der Waals surface area contributed by atoms with Gasteiger partial charge in [-0.05, 0) is 43.6 Å². The minimum absolute atomic E-state index is 0.339. The summed E-state index contributed by atoms with van der Waals surface area (Å²) in [6.07, 6.45) is 3.61. The predicted molar refractivity (Wildman–Crippen MR) is 84.6 cm³/mol. The largest absolute Gasteiger partial charge is 0.366 e. The summed E-state index contributed by atoms with van der Waals surface area (Å²) in [7, 11) is 1.90. The average Bonchev–Trinajstić information content (AvgIpc) is 2.90. The van der Waals surface area contributed by atoms with Crippen LogP contribution in [0.5, 0.6) is 0 Å². The van der Waals surface area contributed by atoms with Gasteiger partial charge < -0.3 is 10.2 Å². The van der Waals surface area contributed by atoms with Crippen molar-refractivity contribution in [2.45, 2.75) is 25.3 Å². The van der Waals surface area contributed by atoms with Gasteiger partial charge in [0, 0.05) is 13.6 Å². The van der Waals surface area contributed by atoms with Gasteiger partial charge in [0.15, 0.2) is 5.11 Å². The van der Waals surface area contributed by atoms with E-state index in [0.717, 1.165) is 23.6 Å². The minimum atomic E-state index is 0.339. The highest BCUT2D eigenvalue weighted by atomic mass is 32.1. The molecule has 0 aliphatic carbocycles. The van der Waals surface area contributed by atoms with E-state index in [1.54, 1.807) is 11.3 Å². The zero-order chi connectivity index (χ0) is 13.2. The molecule has 5 heteroatoms. The van der Waals surface area contributed by atoms with Crippen LogP contribution >= 0.6 is 23.6 Å². The molecular formula is C14H17N3S2. The molecule has 3 rings (SSSR count). The zero-order valence-electron chi connectivity index (χ0n) is 10.9. The highest BCUT2D eigenvalue weighted by Crippen LogP contribution is 2.35. The summed E-state index contributed by atoms with van der Waals surface area (Å²) in [4.78, 5) is 7.08. The maximum absolute atomic E-state index is 5.42. The Morgan fingerprint density at radius 2 is 2.26 bits per heavy atom. The maximum atomic E-state index is 5.42. The molecule has 2 heterocycles. The number of aromatic nitrogens is 1. The van der Waals surface area contributed by atoms with Crippen molar-refractivity contribution in [3.63, 3.8) is 0 Å². The van der Waals surface area contributed by atoms with E-state index in [9.17, 15) is 0 Å². The van der Waals surface area contributed by atoms with E-state index in [-0.39, 0.29) is 0 Å². The van der Waals surface area contributed by atoms with Gasteiger partial charge in [0.1, 0.15) is 5.01 Å². The summed E-state index contributed by atoms with van der Waals surface area (Å²) < 4.78 is 1.26. The average molecular weight is 291 g/mol. The van der Waals surface area contributed by atoms with Gasteiger partial charge >= 0.3 is 0 Å². The minimum Gasteiger partial charge on any atom is -0.366 e. The third kappa shape index (κ3) is 2.44. The summed E-state index contributed by atoms with van der Waals surface area (Å²) in [5, 5.41) is 5.13. The quantitative estimate of drug-likeness (QED) is 0.816. The van der Waals surface area contributed by atoms with Crippen LogP contribution in [0.1, 0.15) is 30.3 Å². The van der Waals surface area contributed by atoms with Crippen molar-refractivity contribution in [3.05, 3.63) is 29.3 Å². The number of hydrogen-bond acceptors (Lipinski definition) is 3. The second kappa shape index (κ2) is 5.43. The van der Waals surface area contributed by atoms with E-state index < -0.39 is 0 Å². The third-order valence-electron chi connectivity index (χ3n) is 3.57. The number of nitrogens with zero attached hydrogens (tertiary/aromatic N) is 2. The highest BCUT2D eigenvalue weighted by molar-refractivity contribution is 7.80. The van der Waals surface area contributed by atoms with Crippen LogP contribution in [-0.2, 0) is 0 Å². The van der Waals surface area contributed by atoms with Crippen LogP contribution < -0.4 is 5.32 Å². The molecule has 1 aliphatic rings. The van der Waals surface area contributed by atoms with Crippen molar-refractivity contribution in [1.29, 1.82) is 0 Å².